The summed E-state index contributed by atoms with van der Waals surface area (Å²) in [5.74, 6) is 0.186. The fourth-order valence-electron chi connectivity index (χ4n) is 4.97. The van der Waals surface area contributed by atoms with Crippen molar-refractivity contribution in [2.24, 2.45) is 5.92 Å². The zero-order valence-corrected chi connectivity index (χ0v) is 33.2. The van der Waals surface area contributed by atoms with Gasteiger partial charge in [-0.2, -0.15) is 26.0 Å². The molecule has 0 aromatic carbocycles. The number of allylic oxidation sites excluding steroid dienone is 7. The van der Waals surface area contributed by atoms with Gasteiger partial charge in [0.2, 0.25) is 0 Å². The van der Waals surface area contributed by atoms with Crippen molar-refractivity contribution in [1.82, 2.24) is 0 Å². The molecule has 224 valence electrons. The summed E-state index contributed by atoms with van der Waals surface area (Å²) in [5.41, 5.74) is 0. The Labute approximate surface area is 258 Å². The van der Waals surface area contributed by atoms with Crippen molar-refractivity contribution in [1.29, 1.82) is 0 Å². The van der Waals surface area contributed by atoms with Crippen molar-refractivity contribution in [3.63, 3.8) is 0 Å². The van der Waals surface area contributed by atoms with Crippen LogP contribution in [0.5, 0.6) is 0 Å². The molecule has 0 amide bonds. The molecule has 1 unspecified atom stereocenters. The van der Waals surface area contributed by atoms with Gasteiger partial charge in [-0.3, -0.25) is 6.08 Å². The van der Waals surface area contributed by atoms with Gasteiger partial charge in [0.1, 0.15) is 0 Å². The standard InChI is InChI=1S/C24H45O3Si4.3C2H5.Pt/c1-13-16-28(7,8)22-19-21(20-31(25-4,26-5)27-6)23(29(9,10)17-14-2)24(22)30(11,12)18-15-3;3*1-2;/h13-15,21H,1-3,16-18,20H2,4-12H3;3*1H2,2H3;/q4*-1;+4. The van der Waals surface area contributed by atoms with Crippen LogP contribution in [0.25, 0.3) is 0 Å². The predicted octanol–water partition coefficient (Wildman–Crippen LogP) is 9.34. The van der Waals surface area contributed by atoms with Gasteiger partial charge in [-0.05, 0) is 20.2 Å². The smallest absolute Gasteiger partial charge is 0.377 e. The van der Waals surface area contributed by atoms with Crippen LogP contribution < -0.4 is 0 Å². The summed E-state index contributed by atoms with van der Waals surface area (Å²) >= 11 is 0. The van der Waals surface area contributed by atoms with E-state index in [1.165, 1.54) is 5.20 Å². The number of hydrogen-bond donors (Lipinski definition) is 0. The second-order valence-corrected chi connectivity index (χ2v) is 27.6. The Morgan fingerprint density at radius 3 is 1.37 bits per heavy atom. The Morgan fingerprint density at radius 2 is 1.03 bits per heavy atom. The van der Waals surface area contributed by atoms with E-state index < -0.39 is 33.0 Å². The molecule has 38 heavy (non-hydrogen) atoms. The van der Waals surface area contributed by atoms with Crippen LogP contribution in [-0.2, 0) is 34.3 Å². The second-order valence-electron chi connectivity index (χ2n) is 10.5. The Bertz CT molecular complexity index is 732. The summed E-state index contributed by atoms with van der Waals surface area (Å²) in [6.45, 7) is 42.2. The van der Waals surface area contributed by atoms with E-state index >= 15 is 0 Å². The summed E-state index contributed by atoms with van der Waals surface area (Å²) < 4.78 is 17.6. The maximum atomic E-state index is 5.86. The minimum absolute atomic E-state index is 0. The molecule has 1 aliphatic carbocycles. The van der Waals surface area contributed by atoms with Gasteiger partial charge < -0.3 is 34.0 Å². The van der Waals surface area contributed by atoms with Crippen LogP contribution >= 0.6 is 0 Å². The molecule has 0 saturated carbocycles. The van der Waals surface area contributed by atoms with Crippen LogP contribution in [0.2, 0.25) is 63.5 Å². The maximum Gasteiger partial charge on any atom is 4.00 e. The summed E-state index contributed by atoms with van der Waals surface area (Å²) in [6, 6.07) is 3.93. The van der Waals surface area contributed by atoms with Gasteiger partial charge in [-0.15, -0.1) is 19.7 Å². The van der Waals surface area contributed by atoms with E-state index in [0.29, 0.717) is 0 Å². The monoisotopic (exact) mass is 775 g/mol. The van der Waals surface area contributed by atoms with E-state index in [1.807, 2.05) is 0 Å². The molecule has 0 aromatic heterocycles. The molecule has 0 aliphatic heterocycles. The molecule has 1 aliphatic rings. The summed E-state index contributed by atoms with van der Waals surface area (Å²) in [4.78, 5) is 0. The van der Waals surface area contributed by atoms with Crippen LogP contribution in [0.1, 0.15) is 20.8 Å². The van der Waals surface area contributed by atoms with E-state index in [0.717, 1.165) is 24.2 Å². The summed E-state index contributed by atoms with van der Waals surface area (Å²) in [7, 11) is -2.93. The molecule has 0 radical (unpaired) electrons. The first-order valence-corrected chi connectivity index (χ1v) is 24.9. The van der Waals surface area contributed by atoms with Crippen LogP contribution in [0.4, 0.5) is 0 Å². The third-order valence-electron chi connectivity index (χ3n) is 6.62. The third kappa shape index (κ3) is 12.3. The van der Waals surface area contributed by atoms with Crippen molar-refractivity contribution >= 4 is 33.0 Å². The predicted molar refractivity (Wildman–Crippen MR) is 179 cm³/mol. The molecule has 0 N–H and O–H groups in total. The zero-order chi connectivity index (χ0) is 30.1. The second kappa shape index (κ2) is 21.8. The first-order chi connectivity index (χ1) is 17.3. The van der Waals surface area contributed by atoms with Gasteiger partial charge in [0.25, 0.3) is 0 Å². The van der Waals surface area contributed by atoms with Crippen LogP contribution in [0.15, 0.2) is 53.6 Å². The third-order valence-corrected chi connectivity index (χ3v) is 19.5. The van der Waals surface area contributed by atoms with Crippen LogP contribution in [0.3, 0.4) is 0 Å². The summed E-state index contributed by atoms with van der Waals surface area (Å²) in [5, 5.41) is 4.80. The van der Waals surface area contributed by atoms with E-state index in [4.69, 9.17) is 13.3 Å². The van der Waals surface area contributed by atoms with Gasteiger partial charge in [-0.25, -0.2) is 10.4 Å². The largest absolute Gasteiger partial charge is 4.00 e. The van der Waals surface area contributed by atoms with E-state index in [1.54, 1.807) is 52.5 Å². The minimum Gasteiger partial charge on any atom is -0.377 e. The van der Waals surface area contributed by atoms with E-state index in [-0.39, 0.29) is 27.0 Å². The van der Waals surface area contributed by atoms with Crippen LogP contribution in [0, 0.1) is 32.8 Å². The van der Waals surface area contributed by atoms with Crippen LogP contribution in [-0.4, -0.2) is 54.4 Å². The molecule has 0 fully saturated rings. The average Bonchev–Trinajstić information content (AvgIpc) is 3.28. The molecule has 3 nitrogen and oxygen atoms in total. The van der Waals surface area contributed by atoms with Crippen molar-refractivity contribution in [3.05, 3.63) is 80.4 Å². The Balaban J connectivity index is -0.000000767. The quantitative estimate of drug-likeness (QED) is 0.100. The molecule has 0 bridgehead atoms. The normalized spacial score (nSPS) is 15.3. The Morgan fingerprint density at radius 1 is 0.684 bits per heavy atom. The molecule has 0 aromatic rings. The fraction of sp³-hybridized carbons (Fsp3) is 0.567. The minimum atomic E-state index is -2.76. The fourth-order valence-corrected chi connectivity index (χ4v) is 18.9. The van der Waals surface area contributed by atoms with Gasteiger partial charge in [0.05, 0.1) is 8.07 Å². The molecule has 1 rings (SSSR count). The van der Waals surface area contributed by atoms with Crippen molar-refractivity contribution in [2.45, 2.75) is 84.2 Å². The molecule has 0 heterocycles. The van der Waals surface area contributed by atoms with E-state index in [2.05, 4.69) is 104 Å². The first-order valence-electron chi connectivity index (χ1n) is 13.3. The number of rotatable bonds is 14. The number of hydrogen-bond acceptors (Lipinski definition) is 3. The van der Waals surface area contributed by atoms with Gasteiger partial charge in [0.15, 0.2) is 0 Å². The topological polar surface area (TPSA) is 27.7 Å². The maximum absolute atomic E-state index is 5.86. The molecule has 1 atom stereocenters. The SMILES string of the molecule is C=CC[Si](C)(C)C1=[C-]C(C[Si](OC)(OC)OC)C([Si](C)(C)CC=C)=C1[Si](C)(C)CC=C.[CH2-]C.[CH2-]C.[CH2-]C.[Pt+4]. The van der Waals surface area contributed by atoms with Gasteiger partial charge in [-0.1, -0.05) is 69.5 Å². The average molecular weight is 776 g/mol. The molecular formula is C30H60O3PtSi4. The van der Waals surface area contributed by atoms with Crippen molar-refractivity contribution in [2.75, 3.05) is 21.3 Å². The Kier molecular flexibility index (Phi) is 25.9. The first kappa shape index (κ1) is 45.1. The van der Waals surface area contributed by atoms with Gasteiger partial charge >= 0.3 is 29.9 Å². The Hall–Kier alpha value is 0.136. The molecule has 8 heteroatoms. The molecule has 0 saturated heterocycles. The van der Waals surface area contributed by atoms with Crippen molar-refractivity contribution < 1.29 is 34.3 Å². The van der Waals surface area contributed by atoms with E-state index in [9.17, 15) is 0 Å². The zero-order valence-electron chi connectivity index (χ0n) is 26.9. The van der Waals surface area contributed by atoms with Crippen molar-refractivity contribution in [3.8, 4) is 0 Å². The summed E-state index contributed by atoms with van der Waals surface area (Å²) in [6.07, 6.45) is 10.4. The molecular weight excluding hydrogens is 716 g/mol. The van der Waals surface area contributed by atoms with Gasteiger partial charge in [0, 0.05) is 35.4 Å². The molecule has 0 spiro atoms.